The molecule has 2 aromatic heterocycles. The highest BCUT2D eigenvalue weighted by Gasteiger charge is 2.15. The Labute approximate surface area is 117 Å². The molecule has 2 rings (SSSR count). The summed E-state index contributed by atoms with van der Waals surface area (Å²) < 4.78 is 1.90. The molecule has 0 fully saturated rings. The fraction of sp³-hybridized carbons (Fsp3) is 0.462. The topological polar surface area (TPSA) is 55.6 Å². The molecule has 0 saturated carbocycles. The van der Waals surface area contributed by atoms with Crippen molar-refractivity contribution in [1.82, 2.24) is 25.1 Å². The van der Waals surface area contributed by atoms with Gasteiger partial charge in [0, 0.05) is 31.5 Å². The van der Waals surface area contributed by atoms with Gasteiger partial charge in [0.2, 0.25) is 0 Å². The minimum atomic E-state index is 0.756. The van der Waals surface area contributed by atoms with Crippen molar-refractivity contribution in [1.29, 1.82) is 0 Å². The predicted octanol–water partition coefficient (Wildman–Crippen LogP) is 2.09. The van der Waals surface area contributed by atoms with Gasteiger partial charge in [0.25, 0.3) is 0 Å². The van der Waals surface area contributed by atoms with Crippen LogP contribution in [0.4, 0.5) is 0 Å². The average Bonchev–Trinajstić information content (AvgIpc) is 2.65. The molecule has 6 heteroatoms. The lowest BCUT2D eigenvalue weighted by Gasteiger charge is -2.06. The summed E-state index contributed by atoms with van der Waals surface area (Å²) in [5.74, 6) is 0. The van der Waals surface area contributed by atoms with Crippen LogP contribution >= 0.6 is 11.8 Å². The molecule has 0 unspecified atom stereocenters. The van der Waals surface area contributed by atoms with Gasteiger partial charge in [-0.05, 0) is 37.7 Å². The lowest BCUT2D eigenvalue weighted by Crippen LogP contribution is -2.12. The molecular weight excluding hydrogens is 258 g/mol. The van der Waals surface area contributed by atoms with Gasteiger partial charge in [0.05, 0.1) is 5.69 Å². The van der Waals surface area contributed by atoms with Crippen LogP contribution in [0, 0.1) is 13.8 Å². The standard InChI is InChI=1S/C13H19N5S/c1-5-14-8-11-10(3)17-18(4)12(11)19-13-15-6-9(2)7-16-13/h6-7,14H,5,8H2,1-4H3. The van der Waals surface area contributed by atoms with Crippen LogP contribution in [-0.4, -0.2) is 26.3 Å². The van der Waals surface area contributed by atoms with Crippen molar-refractivity contribution >= 4 is 11.8 Å². The molecule has 2 heterocycles. The third-order valence-electron chi connectivity index (χ3n) is 2.79. The van der Waals surface area contributed by atoms with E-state index in [4.69, 9.17) is 0 Å². The fourth-order valence-corrected chi connectivity index (χ4v) is 2.68. The minimum Gasteiger partial charge on any atom is -0.313 e. The summed E-state index contributed by atoms with van der Waals surface area (Å²) in [6, 6.07) is 0. The van der Waals surface area contributed by atoms with Gasteiger partial charge in [0.1, 0.15) is 5.03 Å². The van der Waals surface area contributed by atoms with E-state index in [-0.39, 0.29) is 0 Å². The first kappa shape index (κ1) is 14.0. The summed E-state index contributed by atoms with van der Waals surface area (Å²) in [5.41, 5.74) is 3.34. The number of aromatic nitrogens is 4. The van der Waals surface area contributed by atoms with Crippen molar-refractivity contribution in [2.75, 3.05) is 6.54 Å². The fourth-order valence-electron chi connectivity index (χ4n) is 1.78. The van der Waals surface area contributed by atoms with E-state index in [0.29, 0.717) is 0 Å². The largest absolute Gasteiger partial charge is 0.313 e. The molecule has 0 aliphatic rings. The third kappa shape index (κ3) is 3.33. The van der Waals surface area contributed by atoms with Crippen LogP contribution in [-0.2, 0) is 13.6 Å². The van der Waals surface area contributed by atoms with E-state index in [1.54, 1.807) is 11.8 Å². The van der Waals surface area contributed by atoms with E-state index in [0.717, 1.165) is 34.5 Å². The molecule has 5 nitrogen and oxygen atoms in total. The molecule has 0 atom stereocenters. The average molecular weight is 277 g/mol. The molecule has 0 aliphatic carbocycles. The van der Waals surface area contributed by atoms with Crippen molar-refractivity contribution in [2.24, 2.45) is 7.05 Å². The summed E-state index contributed by atoms with van der Waals surface area (Å²) in [7, 11) is 1.96. The van der Waals surface area contributed by atoms with Crippen molar-refractivity contribution in [3.63, 3.8) is 0 Å². The summed E-state index contributed by atoms with van der Waals surface area (Å²) in [4.78, 5) is 8.67. The Balaban J connectivity index is 2.25. The minimum absolute atomic E-state index is 0.756. The van der Waals surface area contributed by atoms with Crippen LogP contribution < -0.4 is 5.32 Å². The first-order valence-corrected chi connectivity index (χ1v) is 7.13. The highest BCUT2D eigenvalue weighted by molar-refractivity contribution is 7.99. The van der Waals surface area contributed by atoms with Gasteiger partial charge < -0.3 is 5.32 Å². The van der Waals surface area contributed by atoms with E-state index in [1.807, 2.05) is 38.0 Å². The molecule has 0 bridgehead atoms. The van der Waals surface area contributed by atoms with Crippen molar-refractivity contribution in [3.8, 4) is 0 Å². The zero-order chi connectivity index (χ0) is 13.8. The molecule has 0 amide bonds. The molecular formula is C13H19N5S. The highest BCUT2D eigenvalue weighted by Crippen LogP contribution is 2.29. The van der Waals surface area contributed by atoms with Gasteiger partial charge >= 0.3 is 0 Å². The highest BCUT2D eigenvalue weighted by atomic mass is 32.2. The summed E-state index contributed by atoms with van der Waals surface area (Å²) in [6.07, 6.45) is 3.67. The summed E-state index contributed by atoms with van der Waals surface area (Å²) in [6.45, 7) is 7.89. The van der Waals surface area contributed by atoms with Gasteiger partial charge in [-0.2, -0.15) is 5.10 Å². The van der Waals surface area contributed by atoms with Crippen LogP contribution in [0.15, 0.2) is 22.6 Å². The Hall–Kier alpha value is -1.40. The number of hydrogen-bond acceptors (Lipinski definition) is 5. The molecule has 0 aliphatic heterocycles. The number of nitrogens with one attached hydrogen (secondary N) is 1. The second kappa shape index (κ2) is 6.16. The van der Waals surface area contributed by atoms with Gasteiger partial charge in [-0.15, -0.1) is 0 Å². The van der Waals surface area contributed by atoms with Gasteiger partial charge in [-0.25, -0.2) is 9.97 Å². The molecule has 2 aromatic rings. The van der Waals surface area contributed by atoms with Crippen LogP contribution in [0.25, 0.3) is 0 Å². The summed E-state index contributed by atoms with van der Waals surface area (Å²) >= 11 is 1.56. The van der Waals surface area contributed by atoms with E-state index >= 15 is 0 Å². The normalized spacial score (nSPS) is 10.9. The molecule has 0 radical (unpaired) electrons. The first-order chi connectivity index (χ1) is 9.11. The Morgan fingerprint density at radius 3 is 2.58 bits per heavy atom. The van der Waals surface area contributed by atoms with E-state index in [2.05, 4.69) is 27.3 Å². The van der Waals surface area contributed by atoms with Gasteiger partial charge in [-0.1, -0.05) is 6.92 Å². The molecule has 0 spiro atoms. The monoisotopic (exact) mass is 277 g/mol. The SMILES string of the molecule is CCNCc1c(C)nn(C)c1Sc1ncc(C)cn1. The van der Waals surface area contributed by atoms with Crippen LogP contribution in [0.1, 0.15) is 23.7 Å². The maximum absolute atomic E-state index is 4.48. The molecule has 1 N–H and O–H groups in total. The Morgan fingerprint density at radius 2 is 1.95 bits per heavy atom. The van der Waals surface area contributed by atoms with E-state index < -0.39 is 0 Å². The van der Waals surface area contributed by atoms with E-state index in [1.165, 1.54) is 5.56 Å². The van der Waals surface area contributed by atoms with Gasteiger partial charge in [0.15, 0.2) is 5.16 Å². The van der Waals surface area contributed by atoms with Crippen molar-refractivity contribution < 1.29 is 0 Å². The van der Waals surface area contributed by atoms with Gasteiger partial charge in [-0.3, -0.25) is 4.68 Å². The van der Waals surface area contributed by atoms with Crippen molar-refractivity contribution in [3.05, 3.63) is 29.2 Å². The smallest absolute Gasteiger partial charge is 0.193 e. The van der Waals surface area contributed by atoms with Crippen LogP contribution in [0.2, 0.25) is 0 Å². The second-order valence-corrected chi connectivity index (χ2v) is 5.37. The lowest BCUT2D eigenvalue weighted by molar-refractivity contribution is 0.672. The summed E-state index contributed by atoms with van der Waals surface area (Å²) in [5, 5.41) is 9.68. The Kier molecular flexibility index (Phi) is 4.55. The maximum Gasteiger partial charge on any atom is 0.193 e. The first-order valence-electron chi connectivity index (χ1n) is 6.31. The number of rotatable bonds is 5. The lowest BCUT2D eigenvalue weighted by atomic mass is 10.2. The Bertz CT molecular complexity index is 547. The number of hydrogen-bond donors (Lipinski definition) is 1. The third-order valence-corrected chi connectivity index (χ3v) is 3.88. The predicted molar refractivity (Wildman–Crippen MR) is 76.2 cm³/mol. The van der Waals surface area contributed by atoms with Crippen LogP contribution in [0.3, 0.4) is 0 Å². The van der Waals surface area contributed by atoms with E-state index in [9.17, 15) is 0 Å². The Morgan fingerprint density at radius 1 is 1.26 bits per heavy atom. The zero-order valence-corrected chi connectivity index (χ0v) is 12.6. The molecule has 0 saturated heterocycles. The number of aryl methyl sites for hydroxylation is 3. The quantitative estimate of drug-likeness (QED) is 0.848. The maximum atomic E-state index is 4.48. The zero-order valence-electron chi connectivity index (χ0n) is 11.8. The molecule has 102 valence electrons. The number of nitrogens with zero attached hydrogens (tertiary/aromatic N) is 4. The van der Waals surface area contributed by atoms with Crippen molar-refractivity contribution in [2.45, 2.75) is 37.5 Å². The second-order valence-electron chi connectivity index (χ2n) is 4.42. The molecule has 0 aromatic carbocycles. The molecule has 19 heavy (non-hydrogen) atoms. The van der Waals surface area contributed by atoms with Crippen LogP contribution in [0.5, 0.6) is 0 Å².